The van der Waals surface area contributed by atoms with Gasteiger partial charge in [0.05, 0.1) is 16.9 Å². The van der Waals surface area contributed by atoms with Crippen LogP contribution in [0.25, 0.3) is 0 Å². The second-order valence-electron chi connectivity index (χ2n) is 3.02. The number of nitro groups is 1. The van der Waals surface area contributed by atoms with Gasteiger partial charge in [-0.05, 0) is 11.8 Å². The average Bonchev–Trinajstić information content (AvgIpc) is 2.56. The highest BCUT2D eigenvalue weighted by atomic mass is 16.7. The van der Waals surface area contributed by atoms with Gasteiger partial charge in [-0.25, -0.2) is 0 Å². The van der Waals surface area contributed by atoms with Gasteiger partial charge in [0.25, 0.3) is 0 Å². The molecule has 0 aliphatic heterocycles. The number of nitrogens with zero attached hydrogens (tertiary/aromatic N) is 3. The molecular weight excluding hydrogens is 202 g/mol. The number of hydrogen-bond acceptors (Lipinski definition) is 5. The molecule has 15 heavy (non-hydrogen) atoms. The molecule has 0 aliphatic rings. The second kappa shape index (κ2) is 4.85. The molecule has 0 radical (unpaired) electrons. The summed E-state index contributed by atoms with van der Waals surface area (Å²) in [6.45, 7) is 1.96. The fourth-order valence-corrected chi connectivity index (χ4v) is 1.18. The zero-order chi connectivity index (χ0) is 11.4. The van der Waals surface area contributed by atoms with E-state index in [0.717, 1.165) is 0 Å². The number of methoxy groups -OCH3 is 2. The highest BCUT2D eigenvalue weighted by molar-refractivity contribution is 5.27. The SMILES string of the molecule is COC(Cn1cc(C)c([N+](=O)[O-])n1)OC. The number of ether oxygens (including phenoxy) is 2. The van der Waals surface area contributed by atoms with Crippen LogP contribution in [-0.2, 0) is 16.0 Å². The second-order valence-corrected chi connectivity index (χ2v) is 3.02. The van der Waals surface area contributed by atoms with Crippen molar-refractivity contribution in [2.24, 2.45) is 0 Å². The van der Waals surface area contributed by atoms with E-state index in [1.165, 1.54) is 18.9 Å². The van der Waals surface area contributed by atoms with Crippen molar-refractivity contribution < 1.29 is 14.4 Å². The largest absolute Gasteiger partial charge is 0.392 e. The van der Waals surface area contributed by atoms with Crippen LogP contribution in [0.15, 0.2) is 6.20 Å². The fraction of sp³-hybridized carbons (Fsp3) is 0.625. The highest BCUT2D eigenvalue weighted by Crippen LogP contribution is 2.14. The molecule has 0 saturated carbocycles. The first kappa shape index (κ1) is 11.6. The van der Waals surface area contributed by atoms with Gasteiger partial charge in [0.1, 0.15) is 6.54 Å². The molecule has 84 valence electrons. The molecule has 0 N–H and O–H groups in total. The molecule has 7 heteroatoms. The van der Waals surface area contributed by atoms with E-state index in [1.807, 2.05) is 0 Å². The number of rotatable bonds is 5. The molecule has 1 aromatic heterocycles. The summed E-state index contributed by atoms with van der Waals surface area (Å²) < 4.78 is 11.4. The summed E-state index contributed by atoms with van der Waals surface area (Å²) in [5.41, 5.74) is 0.519. The van der Waals surface area contributed by atoms with Gasteiger partial charge in [0.15, 0.2) is 6.29 Å². The first-order chi connectivity index (χ1) is 7.08. The minimum absolute atomic E-state index is 0.138. The van der Waals surface area contributed by atoms with Crippen LogP contribution in [0.2, 0.25) is 0 Å². The van der Waals surface area contributed by atoms with Crippen LogP contribution in [0.4, 0.5) is 5.82 Å². The third-order valence-corrected chi connectivity index (χ3v) is 1.95. The van der Waals surface area contributed by atoms with Gasteiger partial charge in [-0.2, -0.15) is 4.68 Å². The van der Waals surface area contributed by atoms with Crippen molar-refractivity contribution in [3.05, 3.63) is 21.9 Å². The maximum Gasteiger partial charge on any atom is 0.392 e. The molecule has 0 bridgehead atoms. The molecule has 0 amide bonds. The lowest BCUT2D eigenvalue weighted by molar-refractivity contribution is -0.390. The van der Waals surface area contributed by atoms with Crippen LogP contribution in [0, 0.1) is 17.0 Å². The summed E-state index contributed by atoms with van der Waals surface area (Å²) in [6.07, 6.45) is 1.13. The predicted molar refractivity (Wildman–Crippen MR) is 51.4 cm³/mol. The molecule has 1 heterocycles. The Kier molecular flexibility index (Phi) is 3.75. The minimum Gasteiger partial charge on any atom is -0.358 e. The Morgan fingerprint density at radius 2 is 2.20 bits per heavy atom. The topological polar surface area (TPSA) is 79.4 Å². The lowest BCUT2D eigenvalue weighted by Gasteiger charge is -2.10. The van der Waals surface area contributed by atoms with Crippen molar-refractivity contribution >= 4 is 5.82 Å². The van der Waals surface area contributed by atoms with Crippen LogP contribution < -0.4 is 0 Å². The lowest BCUT2D eigenvalue weighted by atomic mass is 10.4. The molecule has 1 rings (SSSR count). The van der Waals surface area contributed by atoms with Gasteiger partial charge in [0, 0.05) is 14.2 Å². The van der Waals surface area contributed by atoms with E-state index in [-0.39, 0.29) is 5.82 Å². The van der Waals surface area contributed by atoms with Crippen molar-refractivity contribution in [2.75, 3.05) is 14.2 Å². The Balaban J connectivity index is 2.79. The van der Waals surface area contributed by atoms with Gasteiger partial charge in [-0.15, -0.1) is 0 Å². The zero-order valence-corrected chi connectivity index (χ0v) is 8.84. The highest BCUT2D eigenvalue weighted by Gasteiger charge is 2.19. The first-order valence-corrected chi connectivity index (χ1v) is 4.32. The maximum atomic E-state index is 10.5. The molecular formula is C8H13N3O4. The maximum absolute atomic E-state index is 10.5. The van der Waals surface area contributed by atoms with Crippen LogP contribution in [0.1, 0.15) is 5.56 Å². The van der Waals surface area contributed by atoms with Crippen LogP contribution >= 0.6 is 0 Å². The van der Waals surface area contributed by atoms with E-state index in [4.69, 9.17) is 9.47 Å². The summed E-state index contributed by atoms with van der Waals surface area (Å²) in [5, 5.41) is 14.3. The van der Waals surface area contributed by atoms with Gasteiger partial charge in [-0.3, -0.25) is 0 Å². The molecule has 0 saturated heterocycles. The van der Waals surface area contributed by atoms with Crippen LogP contribution in [0.3, 0.4) is 0 Å². The molecule has 0 aliphatic carbocycles. The molecule has 7 nitrogen and oxygen atoms in total. The third-order valence-electron chi connectivity index (χ3n) is 1.95. The van der Waals surface area contributed by atoms with E-state index < -0.39 is 11.2 Å². The summed E-state index contributed by atoms with van der Waals surface area (Å²) in [7, 11) is 3.00. The Bertz CT molecular complexity index is 346. The van der Waals surface area contributed by atoms with Gasteiger partial charge >= 0.3 is 5.82 Å². The zero-order valence-electron chi connectivity index (χ0n) is 8.84. The Hall–Kier alpha value is -1.47. The van der Waals surface area contributed by atoms with Gasteiger partial charge in [0.2, 0.25) is 0 Å². The average molecular weight is 215 g/mol. The van der Waals surface area contributed by atoms with Gasteiger partial charge in [-0.1, -0.05) is 0 Å². The van der Waals surface area contributed by atoms with E-state index in [2.05, 4.69) is 5.10 Å². The quantitative estimate of drug-likeness (QED) is 0.410. The Morgan fingerprint density at radius 3 is 2.60 bits per heavy atom. The molecule has 0 aromatic carbocycles. The molecule has 0 unspecified atom stereocenters. The standard InChI is InChI=1S/C8H13N3O4/c1-6-4-10(5-7(14-2)15-3)9-8(6)11(12)13/h4,7H,5H2,1-3H3. The number of aryl methyl sites for hydroxylation is 1. The third kappa shape index (κ3) is 2.74. The van der Waals surface area contributed by atoms with Crippen molar-refractivity contribution in [3.8, 4) is 0 Å². The Morgan fingerprint density at radius 1 is 1.60 bits per heavy atom. The smallest absolute Gasteiger partial charge is 0.358 e. The summed E-state index contributed by atoms with van der Waals surface area (Å²) in [6, 6.07) is 0. The van der Waals surface area contributed by atoms with Crippen LogP contribution in [0.5, 0.6) is 0 Å². The molecule has 0 atom stereocenters. The van der Waals surface area contributed by atoms with E-state index in [9.17, 15) is 10.1 Å². The predicted octanol–water partition coefficient (Wildman–Crippen LogP) is 0.719. The molecule has 1 aromatic rings. The van der Waals surface area contributed by atoms with Crippen molar-refractivity contribution in [2.45, 2.75) is 19.8 Å². The number of hydrogen-bond donors (Lipinski definition) is 0. The van der Waals surface area contributed by atoms with E-state index >= 15 is 0 Å². The van der Waals surface area contributed by atoms with E-state index in [1.54, 1.807) is 13.1 Å². The monoisotopic (exact) mass is 215 g/mol. The minimum atomic E-state index is -0.513. The first-order valence-electron chi connectivity index (χ1n) is 4.32. The summed E-state index contributed by atoms with van der Waals surface area (Å²) in [5.74, 6) is -0.138. The van der Waals surface area contributed by atoms with Crippen molar-refractivity contribution in [1.82, 2.24) is 9.78 Å². The van der Waals surface area contributed by atoms with Crippen molar-refractivity contribution in [1.29, 1.82) is 0 Å². The molecule has 0 fully saturated rings. The summed E-state index contributed by atoms with van der Waals surface area (Å²) in [4.78, 5) is 10.0. The van der Waals surface area contributed by atoms with Crippen molar-refractivity contribution in [3.63, 3.8) is 0 Å². The van der Waals surface area contributed by atoms with Crippen LogP contribution in [-0.4, -0.2) is 35.2 Å². The fourth-order valence-electron chi connectivity index (χ4n) is 1.18. The lowest BCUT2D eigenvalue weighted by Crippen LogP contribution is -2.20. The number of aromatic nitrogens is 2. The normalized spacial score (nSPS) is 10.9. The van der Waals surface area contributed by atoms with Gasteiger partial charge < -0.3 is 19.6 Å². The summed E-state index contributed by atoms with van der Waals surface area (Å²) >= 11 is 0. The Labute approximate surface area is 86.7 Å². The van der Waals surface area contributed by atoms with E-state index in [0.29, 0.717) is 12.1 Å². The molecule has 0 spiro atoms.